The molecular weight excluding hydrogens is 597 g/mol. The Morgan fingerprint density at radius 2 is 1.61 bits per heavy atom. The van der Waals surface area contributed by atoms with Gasteiger partial charge in [-0.15, -0.1) is 0 Å². The number of piperidine rings is 1. The number of likely N-dealkylation sites (tertiary alicyclic amines) is 1. The minimum atomic E-state index is -2.66. The highest BCUT2D eigenvalue weighted by Gasteiger charge is 2.53. The van der Waals surface area contributed by atoms with Crippen molar-refractivity contribution in [2.45, 2.75) is 70.9 Å². The number of aliphatic hydroxyl groups is 1. The summed E-state index contributed by atoms with van der Waals surface area (Å²) < 4.78 is 19.5. The van der Waals surface area contributed by atoms with Gasteiger partial charge < -0.3 is 28.8 Å². The molecule has 1 amide bonds. The van der Waals surface area contributed by atoms with Crippen LogP contribution in [0, 0.1) is 11.3 Å². The first-order valence-corrected chi connectivity index (χ1v) is 18.4. The van der Waals surface area contributed by atoms with Gasteiger partial charge in [-0.25, -0.2) is 4.79 Å². The van der Waals surface area contributed by atoms with E-state index in [0.29, 0.717) is 49.1 Å². The lowest BCUT2D eigenvalue weighted by Crippen LogP contribution is -2.67. The summed E-state index contributed by atoms with van der Waals surface area (Å²) in [6.07, 6.45) is 4.62. The van der Waals surface area contributed by atoms with Crippen molar-refractivity contribution in [3.63, 3.8) is 0 Å². The summed E-state index contributed by atoms with van der Waals surface area (Å²) in [5, 5.41) is 27.3. The van der Waals surface area contributed by atoms with Crippen molar-refractivity contribution in [3.8, 4) is 5.75 Å². The smallest absolute Gasteiger partial charge is 0.407 e. The molecule has 1 aliphatic carbocycles. The minimum absolute atomic E-state index is 0.0858. The van der Waals surface area contributed by atoms with Crippen LogP contribution in [0.1, 0.15) is 64.1 Å². The molecule has 2 heterocycles. The Balaban J connectivity index is 1.15. The zero-order chi connectivity index (χ0) is 32.4. The third kappa shape index (κ3) is 6.45. The van der Waals surface area contributed by atoms with Crippen molar-refractivity contribution in [2.24, 2.45) is 11.3 Å². The quantitative estimate of drug-likeness (QED) is 0.173. The van der Waals surface area contributed by atoms with Crippen LogP contribution in [0.4, 0.5) is 4.79 Å². The van der Waals surface area contributed by atoms with E-state index in [-0.39, 0.29) is 17.1 Å². The number of fused-ring (bicyclic) bond motifs is 1. The van der Waals surface area contributed by atoms with E-state index in [4.69, 9.17) is 13.7 Å². The van der Waals surface area contributed by atoms with E-state index in [0.717, 1.165) is 49.6 Å². The molecule has 0 spiro atoms. The maximum atomic E-state index is 11.2. The molecule has 1 aromatic heterocycles. The zero-order valence-corrected chi connectivity index (χ0v) is 28.2. The normalized spacial score (nSPS) is 16.9. The van der Waals surface area contributed by atoms with Crippen LogP contribution in [0.2, 0.25) is 5.04 Å². The first-order valence-electron chi connectivity index (χ1n) is 16.5. The standard InChI is InChI=1S/C37H46N2O6Si/c1-36(2,3)46(28-10-6-4-7-11-28,29-12-8-5-9-13-29)44-26-37(20-21-37)25-43-33-17-15-30-32(38-45-34(30)31(33)24-40)16-14-27-18-22-39(23-19-27)35(41)42/h4-13,15,17,27,40H,14,16,18-26H2,1-3H3,(H,41,42). The molecule has 3 aromatic carbocycles. The maximum Gasteiger partial charge on any atom is 0.407 e. The third-order valence-electron chi connectivity index (χ3n) is 10.1. The SMILES string of the molecule is CC(C)(C)[Si](OCC1(COc2ccc3c(CCC4CCN(C(=O)O)CC4)noc3c2CO)CC1)(c1ccccc1)c1ccccc1. The third-order valence-corrected chi connectivity index (χ3v) is 15.1. The lowest BCUT2D eigenvalue weighted by molar-refractivity contribution is 0.123. The van der Waals surface area contributed by atoms with E-state index in [9.17, 15) is 15.0 Å². The Hall–Kier alpha value is -3.66. The second-order valence-corrected chi connectivity index (χ2v) is 18.5. The van der Waals surface area contributed by atoms with Gasteiger partial charge in [0.1, 0.15) is 5.75 Å². The molecule has 6 rings (SSSR count). The molecular formula is C37H46N2O6Si. The van der Waals surface area contributed by atoms with E-state index in [2.05, 4.69) is 86.6 Å². The Bertz CT molecular complexity index is 1580. The van der Waals surface area contributed by atoms with E-state index in [1.807, 2.05) is 12.1 Å². The average Bonchev–Trinajstić information content (AvgIpc) is 3.72. The molecule has 1 saturated heterocycles. The molecule has 2 fully saturated rings. The van der Waals surface area contributed by atoms with Gasteiger partial charge in [0.25, 0.3) is 8.32 Å². The van der Waals surface area contributed by atoms with E-state index in [1.54, 1.807) is 0 Å². The molecule has 0 radical (unpaired) electrons. The zero-order valence-electron chi connectivity index (χ0n) is 27.2. The summed E-state index contributed by atoms with van der Waals surface area (Å²) in [6, 6.07) is 25.4. The number of hydrogen-bond donors (Lipinski definition) is 2. The second-order valence-electron chi connectivity index (χ2n) is 14.2. The molecule has 4 aromatic rings. The van der Waals surface area contributed by atoms with Crippen LogP contribution in [0.15, 0.2) is 77.3 Å². The average molecular weight is 643 g/mol. The monoisotopic (exact) mass is 642 g/mol. The van der Waals surface area contributed by atoms with Crippen molar-refractivity contribution in [1.82, 2.24) is 10.1 Å². The summed E-state index contributed by atoms with van der Waals surface area (Å²) in [7, 11) is -2.66. The van der Waals surface area contributed by atoms with E-state index < -0.39 is 14.4 Å². The number of benzene rings is 3. The van der Waals surface area contributed by atoms with Gasteiger partial charge in [-0.05, 0) is 72.0 Å². The van der Waals surface area contributed by atoms with Crippen LogP contribution in [0.5, 0.6) is 5.75 Å². The maximum absolute atomic E-state index is 11.2. The Kier molecular flexibility index (Phi) is 9.28. The van der Waals surface area contributed by atoms with Gasteiger partial charge in [0.15, 0.2) is 5.58 Å². The fourth-order valence-electron chi connectivity index (χ4n) is 7.07. The number of carbonyl (C=O) groups is 1. The Morgan fingerprint density at radius 1 is 0.978 bits per heavy atom. The van der Waals surface area contributed by atoms with Crippen LogP contribution in [-0.2, 0) is 17.5 Å². The topological polar surface area (TPSA) is 105 Å². The van der Waals surface area contributed by atoms with Gasteiger partial charge in [-0.1, -0.05) is 86.6 Å². The van der Waals surface area contributed by atoms with Crippen molar-refractivity contribution < 1.29 is 28.7 Å². The van der Waals surface area contributed by atoms with Crippen molar-refractivity contribution in [2.75, 3.05) is 26.3 Å². The van der Waals surface area contributed by atoms with E-state index in [1.165, 1.54) is 15.3 Å². The number of nitrogens with zero attached hydrogens (tertiary/aromatic N) is 2. The minimum Gasteiger partial charge on any atom is -0.492 e. The fraction of sp³-hybridized carbons (Fsp3) is 0.459. The highest BCUT2D eigenvalue weighted by atomic mass is 28.4. The largest absolute Gasteiger partial charge is 0.492 e. The molecule has 46 heavy (non-hydrogen) atoms. The van der Waals surface area contributed by atoms with Crippen molar-refractivity contribution in [3.05, 3.63) is 84.1 Å². The molecule has 0 unspecified atom stereocenters. The summed E-state index contributed by atoms with van der Waals surface area (Å²) in [4.78, 5) is 12.7. The Labute approximate surface area is 272 Å². The molecule has 0 atom stereocenters. The molecule has 244 valence electrons. The van der Waals surface area contributed by atoms with Gasteiger partial charge in [-0.2, -0.15) is 0 Å². The predicted molar refractivity (Wildman–Crippen MR) is 181 cm³/mol. The van der Waals surface area contributed by atoms with Gasteiger partial charge in [-0.3, -0.25) is 0 Å². The number of rotatable bonds is 12. The molecule has 0 bridgehead atoms. The van der Waals surface area contributed by atoms with Crippen LogP contribution < -0.4 is 15.1 Å². The van der Waals surface area contributed by atoms with Crippen LogP contribution in [-0.4, -0.2) is 61.0 Å². The highest BCUT2D eigenvalue weighted by Crippen LogP contribution is 2.48. The van der Waals surface area contributed by atoms with Crippen LogP contribution in [0.25, 0.3) is 11.0 Å². The number of aryl methyl sites for hydroxylation is 1. The highest BCUT2D eigenvalue weighted by molar-refractivity contribution is 6.99. The van der Waals surface area contributed by atoms with Gasteiger partial charge in [0, 0.05) is 30.5 Å². The number of carboxylic acid groups (broad SMARTS) is 1. The number of aliphatic hydroxyl groups excluding tert-OH is 1. The summed E-state index contributed by atoms with van der Waals surface area (Å²) in [5.74, 6) is 1.08. The number of aromatic nitrogens is 1. The van der Waals surface area contributed by atoms with Crippen LogP contribution in [0.3, 0.4) is 0 Å². The molecule has 2 aliphatic rings. The summed E-state index contributed by atoms with van der Waals surface area (Å²) in [6.45, 7) is 8.96. The predicted octanol–water partition coefficient (Wildman–Crippen LogP) is 6.38. The van der Waals surface area contributed by atoms with E-state index >= 15 is 0 Å². The van der Waals surface area contributed by atoms with Crippen molar-refractivity contribution >= 4 is 35.8 Å². The first kappa shape index (κ1) is 32.3. The molecule has 2 N–H and O–H groups in total. The van der Waals surface area contributed by atoms with Crippen LogP contribution >= 0.6 is 0 Å². The molecule has 9 heteroatoms. The van der Waals surface area contributed by atoms with Gasteiger partial charge >= 0.3 is 6.09 Å². The first-order chi connectivity index (χ1) is 22.2. The Morgan fingerprint density at radius 3 is 2.15 bits per heavy atom. The summed E-state index contributed by atoms with van der Waals surface area (Å²) >= 11 is 0. The lowest BCUT2D eigenvalue weighted by Gasteiger charge is -2.43. The number of ether oxygens (including phenoxy) is 1. The molecule has 8 nitrogen and oxygen atoms in total. The van der Waals surface area contributed by atoms with Crippen molar-refractivity contribution in [1.29, 1.82) is 0 Å². The van der Waals surface area contributed by atoms with Gasteiger partial charge in [0.2, 0.25) is 0 Å². The summed E-state index contributed by atoms with van der Waals surface area (Å²) in [5.41, 5.74) is 1.98. The van der Waals surface area contributed by atoms with Gasteiger partial charge in [0.05, 0.1) is 24.5 Å². The molecule has 1 saturated carbocycles. The molecule has 1 aliphatic heterocycles. The lowest BCUT2D eigenvalue weighted by atomic mass is 9.91. The second kappa shape index (κ2) is 13.2. The fourth-order valence-corrected chi connectivity index (χ4v) is 11.7. The number of amides is 1. The number of hydrogen-bond acceptors (Lipinski definition) is 6.